The van der Waals surface area contributed by atoms with Crippen molar-refractivity contribution >= 4 is 11.9 Å². The third kappa shape index (κ3) is 11.4. The average molecular weight is 832 g/mol. The molecular weight excluding hydrogens is 771 g/mol. The summed E-state index contributed by atoms with van der Waals surface area (Å²) in [5, 5.41) is 0. The van der Waals surface area contributed by atoms with Gasteiger partial charge in [0.25, 0.3) is 0 Å². The van der Waals surface area contributed by atoms with E-state index in [1.807, 2.05) is 39.0 Å². The molecule has 2 heterocycles. The van der Waals surface area contributed by atoms with E-state index < -0.39 is 24.4 Å². The topological polar surface area (TPSA) is 85.1 Å². The second-order valence-corrected chi connectivity index (χ2v) is 16.7. The molecule has 7 nitrogen and oxygen atoms in total. The summed E-state index contributed by atoms with van der Waals surface area (Å²) >= 11 is 0. The number of esters is 2. The minimum Gasteiger partial charge on any atom is -0.466 e. The largest absolute Gasteiger partial charge is 0.466 e. The Hall–Kier alpha value is -4.58. The lowest BCUT2D eigenvalue weighted by Crippen LogP contribution is -2.47. The lowest BCUT2D eigenvalue weighted by atomic mass is 9.88. The monoisotopic (exact) mass is 831 g/mol. The molecule has 4 aromatic rings. The lowest BCUT2D eigenvalue weighted by Gasteiger charge is -2.34. The van der Waals surface area contributed by atoms with Gasteiger partial charge in [0.15, 0.2) is 0 Å². The summed E-state index contributed by atoms with van der Waals surface area (Å²) in [6.07, 6.45) is -1.35. The van der Waals surface area contributed by atoms with Gasteiger partial charge in [-0.25, -0.2) is 17.6 Å². The van der Waals surface area contributed by atoms with Crippen molar-refractivity contribution in [3.8, 4) is 22.3 Å². The number of halogens is 4. The number of alkyl halides is 2. The molecule has 0 aliphatic carbocycles. The van der Waals surface area contributed by atoms with Gasteiger partial charge in [0.05, 0.1) is 26.1 Å². The van der Waals surface area contributed by atoms with Crippen molar-refractivity contribution in [1.82, 2.24) is 9.80 Å². The number of nitrogens with two attached hydrogens (primary N) is 1. The summed E-state index contributed by atoms with van der Waals surface area (Å²) in [5.74, 6) is -1.68. The summed E-state index contributed by atoms with van der Waals surface area (Å²) in [6, 6.07) is 15.0. The van der Waals surface area contributed by atoms with Crippen LogP contribution in [0.2, 0.25) is 0 Å². The van der Waals surface area contributed by atoms with Crippen LogP contribution in [0.25, 0.3) is 22.3 Å². The quantitative estimate of drug-likeness (QED) is 0.100. The minimum atomic E-state index is -0.775. The highest BCUT2D eigenvalue weighted by molar-refractivity contribution is 5.75. The highest BCUT2D eigenvalue weighted by Gasteiger charge is 2.28. The Morgan fingerprint density at radius 2 is 0.983 bits per heavy atom. The van der Waals surface area contributed by atoms with E-state index in [2.05, 4.69) is 47.9 Å². The molecule has 0 spiro atoms. The fraction of sp³-hybridized carbons (Fsp3) is 0.469. The Bertz CT molecular complexity index is 1980. The molecule has 0 aromatic heterocycles. The van der Waals surface area contributed by atoms with E-state index in [-0.39, 0.29) is 43.0 Å². The van der Waals surface area contributed by atoms with E-state index in [0.717, 1.165) is 68.7 Å². The molecule has 2 aliphatic rings. The zero-order valence-corrected chi connectivity index (χ0v) is 36.6. The number of hydrogen-bond donors (Lipinski definition) is 1. The molecule has 0 bridgehead atoms. The van der Waals surface area contributed by atoms with Gasteiger partial charge < -0.3 is 15.2 Å². The summed E-state index contributed by atoms with van der Waals surface area (Å²) in [6.45, 7) is 21.0. The Balaban J connectivity index is 0.000000228. The van der Waals surface area contributed by atoms with E-state index in [1.54, 1.807) is 33.8 Å². The van der Waals surface area contributed by atoms with E-state index in [1.165, 1.54) is 0 Å². The number of aryl methyl sites for hydroxylation is 6. The van der Waals surface area contributed by atoms with Crippen molar-refractivity contribution in [2.75, 3.05) is 39.4 Å². The molecule has 0 amide bonds. The predicted molar refractivity (Wildman–Crippen MR) is 230 cm³/mol. The molecular formula is C49H61F4N3O4. The molecule has 0 radical (unpaired) electrons. The van der Waals surface area contributed by atoms with Crippen LogP contribution in [0.15, 0.2) is 48.5 Å². The van der Waals surface area contributed by atoms with Gasteiger partial charge >= 0.3 is 11.9 Å². The SMILES string of the molecule is CCOC(=O)C[C@H](C)c1cc(-c2c(C)cc(CN3CC(F)C3)cc2C)cc(C)c1F.CCOC(=O)C[C@H](N)c1cc(-c2c(C)cc(CN3CC(F)C3)cc2C)cc(C)c1F. The number of benzene rings is 4. The van der Waals surface area contributed by atoms with E-state index >= 15 is 0 Å². The van der Waals surface area contributed by atoms with E-state index in [0.29, 0.717) is 55.0 Å². The predicted octanol–water partition coefficient (Wildman–Crippen LogP) is 10.2. The number of carbonyl (C=O) groups excluding carboxylic acids is 2. The van der Waals surface area contributed by atoms with Gasteiger partial charge in [-0.2, -0.15) is 0 Å². The maximum atomic E-state index is 14.9. The van der Waals surface area contributed by atoms with Crippen molar-refractivity contribution in [1.29, 1.82) is 0 Å². The van der Waals surface area contributed by atoms with Gasteiger partial charge in [0.2, 0.25) is 0 Å². The number of ether oxygens (including phenoxy) is 2. The number of likely N-dealkylation sites (tertiary alicyclic amines) is 2. The average Bonchev–Trinajstić information content (AvgIpc) is 3.13. The first-order chi connectivity index (χ1) is 28.4. The van der Waals surface area contributed by atoms with Crippen LogP contribution in [0, 0.1) is 53.2 Å². The van der Waals surface area contributed by atoms with Crippen molar-refractivity contribution in [3.05, 3.63) is 116 Å². The summed E-state index contributed by atoms with van der Waals surface area (Å²) in [7, 11) is 0. The number of carbonyl (C=O) groups is 2. The van der Waals surface area contributed by atoms with Crippen LogP contribution < -0.4 is 5.73 Å². The normalized spacial score (nSPS) is 15.7. The van der Waals surface area contributed by atoms with Crippen LogP contribution in [0.4, 0.5) is 17.6 Å². The van der Waals surface area contributed by atoms with Crippen LogP contribution in [0.5, 0.6) is 0 Å². The molecule has 0 saturated carbocycles. The zero-order chi connectivity index (χ0) is 44.0. The van der Waals surface area contributed by atoms with Crippen molar-refractivity contribution < 1.29 is 36.6 Å². The maximum absolute atomic E-state index is 14.9. The first-order valence-corrected chi connectivity index (χ1v) is 21.0. The molecule has 11 heteroatoms. The summed E-state index contributed by atoms with van der Waals surface area (Å²) in [5.41, 5.74) is 18.6. The summed E-state index contributed by atoms with van der Waals surface area (Å²) in [4.78, 5) is 27.9. The number of hydrogen-bond acceptors (Lipinski definition) is 7. The van der Waals surface area contributed by atoms with Crippen LogP contribution in [-0.2, 0) is 32.2 Å². The highest BCUT2D eigenvalue weighted by Crippen LogP contribution is 2.36. The second kappa shape index (κ2) is 20.3. The van der Waals surface area contributed by atoms with E-state index in [4.69, 9.17) is 15.2 Å². The van der Waals surface area contributed by atoms with Gasteiger partial charge in [0, 0.05) is 50.9 Å². The Labute approximate surface area is 353 Å². The molecule has 2 N–H and O–H groups in total. The highest BCUT2D eigenvalue weighted by atomic mass is 19.1. The molecule has 2 atom stereocenters. The minimum absolute atomic E-state index is 0.0735. The van der Waals surface area contributed by atoms with Gasteiger partial charge in [0.1, 0.15) is 24.0 Å². The zero-order valence-electron chi connectivity index (χ0n) is 36.6. The lowest BCUT2D eigenvalue weighted by molar-refractivity contribution is -0.144. The molecule has 2 saturated heterocycles. The van der Waals surface area contributed by atoms with Crippen LogP contribution in [-0.4, -0.2) is 73.5 Å². The Kier molecular flexibility index (Phi) is 15.7. The molecule has 324 valence electrons. The third-order valence-corrected chi connectivity index (χ3v) is 11.4. The van der Waals surface area contributed by atoms with Crippen LogP contribution in [0.1, 0.15) is 101 Å². The van der Waals surface area contributed by atoms with Gasteiger partial charge in [-0.05, 0) is 158 Å². The smallest absolute Gasteiger partial charge is 0.307 e. The standard InChI is InChI=1S/C25H31F2NO2.C24H30F2N2O2/c1-6-30-23(29)10-15(2)22-11-20(9-18(5)25(22)27)24-16(3)7-19(8-17(24)4)12-28-13-21(26)14-28;1-5-30-22(29)10-21(27)20-9-18(8-16(4)24(20)26)23-14(2)6-17(7-15(23)3)11-28-12-19(25)13-28/h7-9,11,15,21H,6,10,12-14H2,1-5H3;6-9,19,21H,5,10-13,27H2,1-4H3/t15-;21-/m00/s1. The summed E-state index contributed by atoms with van der Waals surface area (Å²) < 4.78 is 65.9. The molecule has 2 aliphatic heterocycles. The fourth-order valence-electron chi connectivity index (χ4n) is 8.59. The van der Waals surface area contributed by atoms with E-state index in [9.17, 15) is 27.2 Å². The van der Waals surface area contributed by atoms with Crippen molar-refractivity contribution in [2.24, 2.45) is 5.73 Å². The molecule has 6 rings (SSSR count). The maximum Gasteiger partial charge on any atom is 0.307 e. The van der Waals surface area contributed by atoms with Gasteiger partial charge in [-0.1, -0.05) is 31.2 Å². The molecule has 60 heavy (non-hydrogen) atoms. The fourth-order valence-corrected chi connectivity index (χ4v) is 8.59. The number of nitrogens with zero attached hydrogens (tertiary/aromatic N) is 2. The second-order valence-electron chi connectivity index (χ2n) is 16.7. The molecule has 2 fully saturated rings. The van der Waals surface area contributed by atoms with Crippen molar-refractivity contribution in [2.45, 2.75) is 113 Å². The van der Waals surface area contributed by atoms with Crippen LogP contribution >= 0.6 is 0 Å². The van der Waals surface area contributed by atoms with Crippen LogP contribution in [0.3, 0.4) is 0 Å². The first kappa shape index (κ1) is 46.5. The molecule has 4 aromatic carbocycles. The molecule has 0 unspecified atom stereocenters. The third-order valence-electron chi connectivity index (χ3n) is 11.4. The van der Waals surface area contributed by atoms with Gasteiger partial charge in [-0.15, -0.1) is 0 Å². The van der Waals surface area contributed by atoms with Crippen molar-refractivity contribution in [3.63, 3.8) is 0 Å². The Morgan fingerprint density at radius 3 is 1.37 bits per heavy atom. The number of rotatable bonds is 14. The Morgan fingerprint density at radius 1 is 0.617 bits per heavy atom. The first-order valence-electron chi connectivity index (χ1n) is 21.0. The van der Waals surface area contributed by atoms with Gasteiger partial charge in [-0.3, -0.25) is 19.4 Å².